The van der Waals surface area contributed by atoms with Crippen LogP contribution in [0, 0.1) is 24.1 Å². The van der Waals surface area contributed by atoms with Gasteiger partial charge in [-0.2, -0.15) is 9.94 Å². The van der Waals surface area contributed by atoms with Gasteiger partial charge >= 0.3 is 0 Å². The standard InChI is InChI=1S/C23H23FN8O2/c1-15-19(2-3-21(24)20(15)8-25)22-12-30-4-5-31(11-18(30)13-34-22)23(33)7-16-6-17(10-26-9-16)32-14-27-28-29-32/h2-3,6,9-10,14,18,22H,4-5,7,11-13H2,1H3/t18-,22+/m0/s1. The summed E-state index contributed by atoms with van der Waals surface area (Å²) in [5, 5.41) is 20.4. The molecular weight excluding hydrogens is 439 g/mol. The van der Waals surface area contributed by atoms with E-state index >= 15 is 0 Å². The lowest BCUT2D eigenvalue weighted by molar-refractivity contribution is -0.139. The first-order valence-electron chi connectivity index (χ1n) is 11.0. The zero-order chi connectivity index (χ0) is 23.7. The van der Waals surface area contributed by atoms with Gasteiger partial charge in [0.25, 0.3) is 0 Å². The number of ether oxygens (including phenoxy) is 1. The van der Waals surface area contributed by atoms with Crippen molar-refractivity contribution < 1.29 is 13.9 Å². The summed E-state index contributed by atoms with van der Waals surface area (Å²) in [5.41, 5.74) is 3.02. The van der Waals surface area contributed by atoms with Crippen LogP contribution in [0.3, 0.4) is 0 Å². The third kappa shape index (κ3) is 4.25. The average molecular weight is 462 g/mol. The lowest BCUT2D eigenvalue weighted by atomic mass is 9.96. The SMILES string of the molecule is Cc1c([C@H]2CN3CCN(C(=O)Cc4cncc(-n5cnnn5)c4)C[C@H]3CO2)ccc(F)c1C#N. The van der Waals surface area contributed by atoms with Crippen LogP contribution in [0.5, 0.6) is 0 Å². The summed E-state index contributed by atoms with van der Waals surface area (Å²) in [7, 11) is 0. The Labute approximate surface area is 195 Å². The Bertz CT molecular complexity index is 1240. The molecule has 2 aromatic heterocycles. The third-order valence-corrected chi connectivity index (χ3v) is 6.51. The number of hydrogen-bond donors (Lipinski definition) is 0. The molecule has 2 aliphatic heterocycles. The van der Waals surface area contributed by atoms with Crippen LogP contribution in [-0.2, 0) is 16.0 Å². The van der Waals surface area contributed by atoms with Gasteiger partial charge in [-0.05, 0) is 46.2 Å². The molecule has 10 nitrogen and oxygen atoms in total. The lowest BCUT2D eigenvalue weighted by Gasteiger charge is -2.46. The first kappa shape index (κ1) is 22.1. The van der Waals surface area contributed by atoms with E-state index in [0.29, 0.717) is 37.5 Å². The highest BCUT2D eigenvalue weighted by atomic mass is 19.1. The number of carbonyl (C=O) groups excluding carboxylic acids is 1. The first-order chi connectivity index (χ1) is 16.5. The van der Waals surface area contributed by atoms with Crippen molar-refractivity contribution in [2.45, 2.75) is 25.5 Å². The summed E-state index contributed by atoms with van der Waals surface area (Å²) >= 11 is 0. The molecule has 11 heteroatoms. The van der Waals surface area contributed by atoms with Crippen LogP contribution < -0.4 is 0 Å². The van der Waals surface area contributed by atoms with E-state index in [1.165, 1.54) is 17.1 Å². The second-order valence-corrected chi connectivity index (χ2v) is 8.54. The average Bonchev–Trinajstić information content (AvgIpc) is 3.39. The van der Waals surface area contributed by atoms with E-state index < -0.39 is 5.82 Å². The van der Waals surface area contributed by atoms with Gasteiger partial charge in [-0.3, -0.25) is 14.7 Å². The molecule has 174 valence electrons. The Balaban J connectivity index is 1.22. The summed E-state index contributed by atoms with van der Waals surface area (Å²) in [4.78, 5) is 21.4. The van der Waals surface area contributed by atoms with Crippen LogP contribution in [0.15, 0.2) is 36.9 Å². The molecule has 1 amide bonds. The lowest BCUT2D eigenvalue weighted by Crippen LogP contribution is -2.59. The molecule has 0 unspecified atom stereocenters. The van der Waals surface area contributed by atoms with E-state index in [0.717, 1.165) is 17.7 Å². The predicted molar refractivity (Wildman–Crippen MR) is 117 cm³/mol. The van der Waals surface area contributed by atoms with Crippen molar-refractivity contribution >= 4 is 5.91 Å². The molecule has 0 saturated carbocycles. The highest BCUT2D eigenvalue weighted by Gasteiger charge is 2.36. The maximum Gasteiger partial charge on any atom is 0.227 e. The quantitative estimate of drug-likeness (QED) is 0.569. The van der Waals surface area contributed by atoms with Crippen molar-refractivity contribution in [3.05, 3.63) is 65.0 Å². The van der Waals surface area contributed by atoms with Gasteiger partial charge in [-0.1, -0.05) is 6.07 Å². The molecule has 0 bridgehead atoms. The Morgan fingerprint density at radius 3 is 2.97 bits per heavy atom. The molecule has 34 heavy (non-hydrogen) atoms. The number of amides is 1. The Kier molecular flexibility index (Phi) is 6.00. The van der Waals surface area contributed by atoms with Crippen LogP contribution in [0.4, 0.5) is 4.39 Å². The Morgan fingerprint density at radius 2 is 2.18 bits per heavy atom. The number of hydrogen-bond acceptors (Lipinski definition) is 8. The van der Waals surface area contributed by atoms with E-state index in [2.05, 4.69) is 25.4 Å². The van der Waals surface area contributed by atoms with Gasteiger partial charge < -0.3 is 9.64 Å². The number of aromatic nitrogens is 5. The number of carbonyl (C=O) groups is 1. The molecule has 4 heterocycles. The van der Waals surface area contributed by atoms with E-state index in [1.54, 1.807) is 25.4 Å². The summed E-state index contributed by atoms with van der Waals surface area (Å²) in [6.45, 7) is 4.79. The van der Waals surface area contributed by atoms with E-state index in [9.17, 15) is 14.4 Å². The number of halogens is 1. The highest BCUT2D eigenvalue weighted by Crippen LogP contribution is 2.31. The van der Waals surface area contributed by atoms with Gasteiger partial charge in [0, 0.05) is 32.4 Å². The zero-order valence-electron chi connectivity index (χ0n) is 18.6. The summed E-state index contributed by atoms with van der Waals surface area (Å²) in [6.07, 6.45) is 4.81. The second-order valence-electron chi connectivity index (χ2n) is 8.54. The van der Waals surface area contributed by atoms with Crippen LogP contribution in [0.1, 0.15) is 28.4 Å². The fourth-order valence-electron chi connectivity index (χ4n) is 4.64. The number of rotatable bonds is 4. The largest absolute Gasteiger partial charge is 0.370 e. The summed E-state index contributed by atoms with van der Waals surface area (Å²) in [6, 6.07) is 6.92. The normalized spacial score (nSPS) is 20.6. The first-order valence-corrected chi connectivity index (χ1v) is 11.0. The number of fused-ring (bicyclic) bond motifs is 1. The Morgan fingerprint density at radius 1 is 1.29 bits per heavy atom. The van der Waals surface area contributed by atoms with Gasteiger partial charge in [0.1, 0.15) is 18.2 Å². The van der Waals surface area contributed by atoms with Crippen molar-refractivity contribution in [2.24, 2.45) is 0 Å². The molecule has 0 aliphatic carbocycles. The number of pyridine rings is 1. The highest BCUT2D eigenvalue weighted by molar-refractivity contribution is 5.79. The number of morpholine rings is 1. The fraction of sp³-hybridized carbons (Fsp3) is 0.391. The molecule has 2 fully saturated rings. The second kappa shape index (κ2) is 9.24. The molecule has 0 spiro atoms. The molecule has 3 aromatic rings. The monoisotopic (exact) mass is 462 g/mol. The fourth-order valence-corrected chi connectivity index (χ4v) is 4.64. The van der Waals surface area contributed by atoms with Crippen molar-refractivity contribution in [2.75, 3.05) is 32.8 Å². The van der Waals surface area contributed by atoms with Crippen LogP contribution in [0.2, 0.25) is 0 Å². The minimum absolute atomic E-state index is 0.0329. The van der Waals surface area contributed by atoms with Gasteiger partial charge in [0.2, 0.25) is 5.91 Å². The topological polar surface area (TPSA) is 113 Å². The minimum Gasteiger partial charge on any atom is -0.370 e. The zero-order valence-corrected chi connectivity index (χ0v) is 18.6. The third-order valence-electron chi connectivity index (χ3n) is 6.51. The van der Waals surface area contributed by atoms with Gasteiger partial charge in [-0.15, -0.1) is 5.10 Å². The van der Waals surface area contributed by atoms with Crippen molar-refractivity contribution in [1.82, 2.24) is 35.0 Å². The molecule has 2 atom stereocenters. The van der Waals surface area contributed by atoms with Gasteiger partial charge in [0.15, 0.2) is 0 Å². The summed E-state index contributed by atoms with van der Waals surface area (Å²) < 4.78 is 21.5. The predicted octanol–water partition coefficient (Wildman–Crippen LogP) is 1.20. The maximum absolute atomic E-state index is 13.9. The van der Waals surface area contributed by atoms with E-state index in [4.69, 9.17) is 4.74 Å². The number of benzene rings is 1. The van der Waals surface area contributed by atoms with Crippen molar-refractivity contribution in [3.8, 4) is 11.8 Å². The molecule has 0 N–H and O–H groups in total. The molecular formula is C23H23FN8O2. The van der Waals surface area contributed by atoms with Crippen LogP contribution in [-0.4, -0.2) is 79.7 Å². The van der Waals surface area contributed by atoms with Gasteiger partial charge in [0.05, 0.1) is 42.6 Å². The maximum atomic E-state index is 13.9. The molecule has 0 radical (unpaired) electrons. The summed E-state index contributed by atoms with van der Waals surface area (Å²) in [5.74, 6) is -0.478. The van der Waals surface area contributed by atoms with Gasteiger partial charge in [-0.25, -0.2) is 4.39 Å². The van der Waals surface area contributed by atoms with Crippen molar-refractivity contribution in [3.63, 3.8) is 0 Å². The van der Waals surface area contributed by atoms with E-state index in [1.807, 2.05) is 17.0 Å². The number of nitrogens with zero attached hydrogens (tertiary/aromatic N) is 8. The molecule has 2 saturated heterocycles. The van der Waals surface area contributed by atoms with E-state index in [-0.39, 0.29) is 30.0 Å². The molecule has 2 aliphatic rings. The molecule has 5 rings (SSSR count). The Hall–Kier alpha value is -3.75. The van der Waals surface area contributed by atoms with Crippen molar-refractivity contribution in [1.29, 1.82) is 5.26 Å². The molecule has 1 aromatic carbocycles. The van der Waals surface area contributed by atoms with Crippen LogP contribution >= 0.6 is 0 Å². The smallest absolute Gasteiger partial charge is 0.227 e. The minimum atomic E-state index is -0.511. The number of piperazine rings is 1. The van der Waals surface area contributed by atoms with Crippen LogP contribution in [0.25, 0.3) is 5.69 Å². The number of nitriles is 1. The number of tetrazole rings is 1.